The van der Waals surface area contributed by atoms with Crippen LogP contribution in [0.1, 0.15) is 34.2 Å². The maximum atomic E-state index is 4.04. The highest BCUT2D eigenvalue weighted by molar-refractivity contribution is 14.1. The molecule has 0 aromatic heterocycles. The highest BCUT2D eigenvalue weighted by atomic mass is 127. The van der Waals surface area contributed by atoms with Crippen molar-refractivity contribution >= 4 is 50.6 Å². The van der Waals surface area contributed by atoms with Gasteiger partial charge in [0.25, 0.3) is 0 Å². The predicted molar refractivity (Wildman–Crippen MR) is 255 cm³/mol. The van der Waals surface area contributed by atoms with Crippen molar-refractivity contribution in [2.45, 2.75) is 19.8 Å². The maximum Gasteiger partial charge on any atom is -0.00878 e. The van der Waals surface area contributed by atoms with Crippen molar-refractivity contribution in [3.63, 3.8) is 0 Å². The molecule has 0 amide bonds. The molecule has 1 aliphatic rings. The zero-order chi connectivity index (χ0) is 38.7. The van der Waals surface area contributed by atoms with Gasteiger partial charge in [-0.05, 0) is 137 Å². The van der Waals surface area contributed by atoms with Crippen molar-refractivity contribution in [1.29, 1.82) is 0 Å². The minimum Gasteiger partial charge on any atom is -0.0991 e. The molecule has 0 nitrogen and oxygen atoms in total. The van der Waals surface area contributed by atoms with Crippen LogP contribution in [0.4, 0.5) is 0 Å². The van der Waals surface area contributed by atoms with Gasteiger partial charge in [-0.2, -0.15) is 0 Å². The van der Waals surface area contributed by atoms with E-state index in [0.29, 0.717) is 0 Å². The second-order valence-corrected chi connectivity index (χ2v) is 14.7. The Morgan fingerprint density at radius 2 is 1.38 bits per heavy atom. The quantitative estimate of drug-likeness (QED) is 0.0851. The molecule has 0 saturated heterocycles. The Morgan fingerprint density at radius 1 is 0.661 bits per heavy atom. The summed E-state index contributed by atoms with van der Waals surface area (Å²) < 4.78 is 2.10. The van der Waals surface area contributed by atoms with Crippen LogP contribution in [0.5, 0.6) is 0 Å². The van der Waals surface area contributed by atoms with Crippen LogP contribution in [0.15, 0.2) is 217 Å². The minimum atomic E-state index is 0.792. The first-order valence-corrected chi connectivity index (χ1v) is 20.3. The molecule has 0 unspecified atom stereocenters. The Hall–Kier alpha value is -6.03. The van der Waals surface area contributed by atoms with Crippen LogP contribution >= 0.6 is 22.6 Å². The molecule has 0 spiro atoms. The second kappa shape index (κ2) is 18.5. The number of halogens is 1. The zero-order valence-electron chi connectivity index (χ0n) is 31.8. The van der Waals surface area contributed by atoms with E-state index in [-0.39, 0.29) is 0 Å². The van der Waals surface area contributed by atoms with Crippen LogP contribution in [-0.4, -0.2) is 0 Å². The fourth-order valence-corrected chi connectivity index (χ4v) is 7.77. The number of hydrogen-bond acceptors (Lipinski definition) is 0. The molecule has 56 heavy (non-hydrogen) atoms. The molecule has 0 fully saturated rings. The average Bonchev–Trinajstić information content (AvgIpc) is 3.25. The number of fused-ring (bicyclic) bond motifs is 1. The van der Waals surface area contributed by atoms with Crippen molar-refractivity contribution in [2.75, 3.05) is 0 Å². The smallest absolute Gasteiger partial charge is 0.00878 e. The number of benzene rings is 6. The molecule has 0 heterocycles. The molecule has 7 rings (SSSR count). The summed E-state index contributed by atoms with van der Waals surface area (Å²) in [6.07, 6.45) is 27.1. The molecule has 0 N–H and O–H groups in total. The van der Waals surface area contributed by atoms with Crippen LogP contribution < -0.4 is 0 Å². The molecule has 6 aromatic carbocycles. The summed E-state index contributed by atoms with van der Waals surface area (Å²) in [5, 5.41) is 2.48. The Bertz CT molecular complexity index is 2600. The first kappa shape index (κ1) is 38.3. The molecule has 0 saturated carbocycles. The Morgan fingerprint density at radius 3 is 2.05 bits per heavy atom. The van der Waals surface area contributed by atoms with Crippen LogP contribution in [-0.2, 0) is 6.42 Å². The van der Waals surface area contributed by atoms with Crippen molar-refractivity contribution in [1.82, 2.24) is 0 Å². The standard InChI is InChI=1S/C55H45I/c1-4-6-20-43-29-30-50(33-40(43)3)44(31-32-56)28-27-42-35-52(45-21-12-8-13-22-45)55-39-51(38-53(54(55)36-42)46-23-14-9-15-24-46)49-26-16-25-48(37-49)47(17-5-2)34-41-18-10-7-11-19-41/h4-18,20-26,28-39H,1-2,19,27H2,3H3/b20-6-,32-31-,41-34-,44-28+,47-17+. The van der Waals surface area contributed by atoms with E-state index < -0.39 is 0 Å². The first-order chi connectivity index (χ1) is 27.5. The number of aryl methyl sites for hydroxylation is 1. The van der Waals surface area contributed by atoms with Crippen LogP contribution in [0.25, 0.3) is 61.4 Å². The number of hydrogen-bond donors (Lipinski definition) is 0. The molecule has 272 valence electrons. The number of allylic oxidation sites excluding steroid dienone is 14. The van der Waals surface area contributed by atoms with Gasteiger partial charge in [0.1, 0.15) is 0 Å². The molecule has 6 aromatic rings. The fraction of sp³-hybridized carbons (Fsp3) is 0.0545. The van der Waals surface area contributed by atoms with Crippen molar-refractivity contribution in [3.05, 3.63) is 245 Å². The molecule has 0 radical (unpaired) electrons. The zero-order valence-corrected chi connectivity index (χ0v) is 34.0. The lowest BCUT2D eigenvalue weighted by atomic mass is 9.87. The maximum absolute atomic E-state index is 4.04. The van der Waals surface area contributed by atoms with E-state index in [1.54, 1.807) is 0 Å². The van der Waals surface area contributed by atoms with Gasteiger partial charge in [0, 0.05) is 0 Å². The van der Waals surface area contributed by atoms with E-state index in [2.05, 4.69) is 229 Å². The van der Waals surface area contributed by atoms with Gasteiger partial charge in [0.15, 0.2) is 0 Å². The summed E-state index contributed by atoms with van der Waals surface area (Å²) in [5.74, 6) is 0. The minimum absolute atomic E-state index is 0.792. The normalized spacial score (nSPS) is 14.0. The number of rotatable bonds is 12. The van der Waals surface area contributed by atoms with Crippen LogP contribution in [0, 0.1) is 6.92 Å². The summed E-state index contributed by atoms with van der Waals surface area (Å²) in [6.45, 7) is 10.0. The molecule has 1 aliphatic carbocycles. The van der Waals surface area contributed by atoms with Crippen LogP contribution in [0.2, 0.25) is 0 Å². The van der Waals surface area contributed by atoms with E-state index in [9.17, 15) is 0 Å². The fourth-order valence-electron chi connectivity index (χ4n) is 7.38. The third-order valence-corrected chi connectivity index (χ3v) is 10.6. The average molecular weight is 833 g/mol. The van der Waals surface area contributed by atoms with Gasteiger partial charge in [-0.25, -0.2) is 0 Å². The third-order valence-electron chi connectivity index (χ3n) is 10.2. The lowest BCUT2D eigenvalue weighted by Gasteiger charge is -2.17. The van der Waals surface area contributed by atoms with E-state index in [4.69, 9.17) is 0 Å². The molecular formula is C55H45I. The van der Waals surface area contributed by atoms with Gasteiger partial charge in [0.05, 0.1) is 0 Å². The summed E-state index contributed by atoms with van der Waals surface area (Å²) >= 11 is 2.32. The summed E-state index contributed by atoms with van der Waals surface area (Å²) in [6, 6.07) is 46.8. The van der Waals surface area contributed by atoms with E-state index in [1.807, 2.05) is 18.2 Å². The Kier molecular flexibility index (Phi) is 12.7. The highest BCUT2D eigenvalue weighted by Gasteiger charge is 2.15. The van der Waals surface area contributed by atoms with Gasteiger partial charge in [-0.3, -0.25) is 0 Å². The van der Waals surface area contributed by atoms with Gasteiger partial charge < -0.3 is 0 Å². The van der Waals surface area contributed by atoms with Gasteiger partial charge in [0.2, 0.25) is 0 Å². The Balaban J connectivity index is 1.38. The summed E-state index contributed by atoms with van der Waals surface area (Å²) in [7, 11) is 0. The molecular weight excluding hydrogens is 788 g/mol. The van der Waals surface area contributed by atoms with Crippen molar-refractivity contribution in [2.24, 2.45) is 0 Å². The van der Waals surface area contributed by atoms with E-state index in [0.717, 1.165) is 18.4 Å². The van der Waals surface area contributed by atoms with Gasteiger partial charge in [-0.1, -0.05) is 212 Å². The topological polar surface area (TPSA) is 0 Å². The van der Waals surface area contributed by atoms with E-state index >= 15 is 0 Å². The monoisotopic (exact) mass is 832 g/mol. The molecule has 0 aliphatic heterocycles. The third kappa shape index (κ3) is 9.08. The van der Waals surface area contributed by atoms with Gasteiger partial charge in [-0.15, -0.1) is 0 Å². The lowest BCUT2D eigenvalue weighted by Crippen LogP contribution is -1.93. The summed E-state index contributed by atoms with van der Waals surface area (Å²) in [5.41, 5.74) is 16.9. The van der Waals surface area contributed by atoms with Crippen molar-refractivity contribution < 1.29 is 0 Å². The van der Waals surface area contributed by atoms with Crippen molar-refractivity contribution in [3.8, 4) is 33.4 Å². The lowest BCUT2D eigenvalue weighted by molar-refractivity contribution is 1.26. The first-order valence-electron chi connectivity index (χ1n) is 19.1. The Labute approximate surface area is 346 Å². The molecule has 1 heteroatoms. The highest BCUT2D eigenvalue weighted by Crippen LogP contribution is 2.40. The summed E-state index contributed by atoms with van der Waals surface area (Å²) in [4.78, 5) is 0. The largest absolute Gasteiger partial charge is 0.0991 e. The second-order valence-electron chi connectivity index (χ2n) is 14.0. The predicted octanol–water partition coefficient (Wildman–Crippen LogP) is 15.9. The SMILES string of the molecule is C=C/C=C\c1ccc(C(/C=C\I)=C/Cc2cc(-c3ccccc3)c3cc(-c4cccc(C(/C=C5/C=CC=CC5)=C/C=C)c4)cc(-c4ccccc4)c3c2)cc1C. The molecule has 0 atom stereocenters. The van der Waals surface area contributed by atoms with E-state index in [1.165, 1.54) is 83.1 Å². The molecule has 0 bridgehead atoms. The van der Waals surface area contributed by atoms with Gasteiger partial charge >= 0.3 is 0 Å². The van der Waals surface area contributed by atoms with Crippen LogP contribution in [0.3, 0.4) is 0 Å².